The molecule has 0 aromatic carbocycles. The molecule has 0 atom stereocenters. The summed E-state index contributed by atoms with van der Waals surface area (Å²) in [7, 11) is 0. The molecule has 0 unspecified atom stereocenters. The number of primary amides is 1. The van der Waals surface area contributed by atoms with E-state index in [0.717, 1.165) is 42.9 Å². The van der Waals surface area contributed by atoms with Gasteiger partial charge in [0, 0.05) is 18.2 Å². The SMILES string of the molecule is Cc1noc(C)c1CN(CC(N)=O)C1CCNCC1. The molecule has 1 aliphatic heterocycles. The number of rotatable bonds is 5. The second kappa shape index (κ2) is 6.16. The number of nitrogens with zero attached hydrogens (tertiary/aromatic N) is 2. The Bertz CT molecular complexity index is 418. The Hall–Kier alpha value is -1.40. The summed E-state index contributed by atoms with van der Waals surface area (Å²) >= 11 is 0. The normalized spacial score (nSPS) is 17.0. The van der Waals surface area contributed by atoms with Crippen molar-refractivity contribution < 1.29 is 9.32 Å². The van der Waals surface area contributed by atoms with E-state index in [0.29, 0.717) is 12.6 Å². The van der Waals surface area contributed by atoms with E-state index in [1.165, 1.54) is 0 Å². The van der Waals surface area contributed by atoms with Gasteiger partial charge in [0.05, 0.1) is 12.2 Å². The van der Waals surface area contributed by atoms with Crippen LogP contribution >= 0.6 is 0 Å². The third-order valence-corrected chi connectivity index (χ3v) is 3.73. The Morgan fingerprint density at radius 1 is 1.47 bits per heavy atom. The molecule has 6 nitrogen and oxygen atoms in total. The number of hydrogen-bond donors (Lipinski definition) is 2. The van der Waals surface area contributed by atoms with E-state index >= 15 is 0 Å². The van der Waals surface area contributed by atoms with Gasteiger partial charge in [0.1, 0.15) is 5.76 Å². The molecule has 0 radical (unpaired) electrons. The highest BCUT2D eigenvalue weighted by Crippen LogP contribution is 2.19. The average molecular weight is 266 g/mol. The Balaban J connectivity index is 2.11. The quantitative estimate of drug-likeness (QED) is 0.802. The van der Waals surface area contributed by atoms with Gasteiger partial charge in [-0.3, -0.25) is 9.69 Å². The summed E-state index contributed by atoms with van der Waals surface area (Å²) in [4.78, 5) is 13.4. The maximum absolute atomic E-state index is 11.3. The summed E-state index contributed by atoms with van der Waals surface area (Å²) in [5.41, 5.74) is 7.33. The van der Waals surface area contributed by atoms with Crippen LogP contribution in [0, 0.1) is 13.8 Å². The number of hydrogen-bond acceptors (Lipinski definition) is 5. The average Bonchev–Trinajstić information content (AvgIpc) is 2.70. The van der Waals surface area contributed by atoms with Gasteiger partial charge < -0.3 is 15.6 Å². The molecule has 1 aromatic rings. The van der Waals surface area contributed by atoms with Crippen molar-refractivity contribution in [3.05, 3.63) is 17.0 Å². The fourth-order valence-electron chi connectivity index (χ4n) is 2.62. The molecule has 19 heavy (non-hydrogen) atoms. The molecule has 0 aliphatic carbocycles. The lowest BCUT2D eigenvalue weighted by Crippen LogP contribution is -2.46. The van der Waals surface area contributed by atoms with Crippen LogP contribution in [0.25, 0.3) is 0 Å². The first kappa shape index (κ1) is 14.0. The monoisotopic (exact) mass is 266 g/mol. The second-order valence-electron chi connectivity index (χ2n) is 5.16. The molecular weight excluding hydrogens is 244 g/mol. The Kier molecular flexibility index (Phi) is 4.55. The van der Waals surface area contributed by atoms with E-state index in [-0.39, 0.29) is 12.5 Å². The van der Waals surface area contributed by atoms with Gasteiger partial charge in [-0.2, -0.15) is 0 Å². The zero-order valence-corrected chi connectivity index (χ0v) is 11.6. The molecule has 1 aliphatic rings. The topological polar surface area (TPSA) is 84.4 Å². The van der Waals surface area contributed by atoms with Crippen LogP contribution in [0.4, 0.5) is 0 Å². The third kappa shape index (κ3) is 3.54. The first-order chi connectivity index (χ1) is 9.08. The molecule has 106 valence electrons. The van der Waals surface area contributed by atoms with Crippen LogP contribution in [0.15, 0.2) is 4.52 Å². The van der Waals surface area contributed by atoms with Crippen molar-refractivity contribution in [2.24, 2.45) is 5.73 Å². The summed E-state index contributed by atoms with van der Waals surface area (Å²) < 4.78 is 5.18. The van der Waals surface area contributed by atoms with Crippen LogP contribution < -0.4 is 11.1 Å². The Labute approximate surface area is 113 Å². The number of carbonyl (C=O) groups excluding carboxylic acids is 1. The number of piperidine rings is 1. The summed E-state index contributed by atoms with van der Waals surface area (Å²) in [5.74, 6) is 0.534. The summed E-state index contributed by atoms with van der Waals surface area (Å²) in [6.07, 6.45) is 2.08. The molecule has 0 saturated carbocycles. The zero-order chi connectivity index (χ0) is 13.8. The van der Waals surface area contributed by atoms with Crippen LogP contribution in [0.5, 0.6) is 0 Å². The summed E-state index contributed by atoms with van der Waals surface area (Å²) in [6.45, 7) is 6.77. The maximum Gasteiger partial charge on any atom is 0.231 e. The Morgan fingerprint density at radius 2 is 2.16 bits per heavy atom. The van der Waals surface area contributed by atoms with E-state index in [2.05, 4.69) is 15.4 Å². The molecule has 2 heterocycles. The van der Waals surface area contributed by atoms with E-state index < -0.39 is 0 Å². The lowest BCUT2D eigenvalue weighted by atomic mass is 10.0. The van der Waals surface area contributed by atoms with Gasteiger partial charge in [0.15, 0.2) is 0 Å². The smallest absolute Gasteiger partial charge is 0.231 e. The molecular formula is C13H22N4O2. The molecule has 1 aromatic heterocycles. The molecule has 1 fully saturated rings. The van der Waals surface area contributed by atoms with Crippen LogP contribution in [-0.4, -0.2) is 41.6 Å². The number of carbonyl (C=O) groups is 1. The van der Waals surface area contributed by atoms with Gasteiger partial charge in [-0.05, 0) is 39.8 Å². The van der Waals surface area contributed by atoms with E-state index in [1.807, 2.05) is 13.8 Å². The fourth-order valence-corrected chi connectivity index (χ4v) is 2.62. The highest BCUT2D eigenvalue weighted by Gasteiger charge is 2.24. The lowest BCUT2D eigenvalue weighted by Gasteiger charge is -2.33. The van der Waals surface area contributed by atoms with Crippen molar-refractivity contribution in [3.8, 4) is 0 Å². The Morgan fingerprint density at radius 3 is 2.68 bits per heavy atom. The van der Waals surface area contributed by atoms with Crippen molar-refractivity contribution in [3.63, 3.8) is 0 Å². The van der Waals surface area contributed by atoms with Crippen molar-refractivity contribution in [2.45, 2.75) is 39.3 Å². The van der Waals surface area contributed by atoms with Gasteiger partial charge in [0.2, 0.25) is 5.91 Å². The standard InChI is InChI=1S/C13H22N4O2/c1-9-12(10(2)19-16-9)7-17(8-13(14)18)11-3-5-15-6-4-11/h11,15H,3-8H2,1-2H3,(H2,14,18). The van der Waals surface area contributed by atoms with E-state index in [4.69, 9.17) is 10.3 Å². The number of nitrogens with one attached hydrogen (secondary N) is 1. The van der Waals surface area contributed by atoms with Gasteiger partial charge in [-0.1, -0.05) is 5.16 Å². The van der Waals surface area contributed by atoms with Gasteiger partial charge in [0.25, 0.3) is 0 Å². The minimum Gasteiger partial charge on any atom is -0.369 e. The van der Waals surface area contributed by atoms with Crippen LogP contribution in [0.3, 0.4) is 0 Å². The van der Waals surface area contributed by atoms with Crippen molar-refractivity contribution in [1.82, 2.24) is 15.4 Å². The first-order valence-corrected chi connectivity index (χ1v) is 6.72. The van der Waals surface area contributed by atoms with Crippen molar-refractivity contribution in [2.75, 3.05) is 19.6 Å². The predicted molar refractivity (Wildman–Crippen MR) is 71.5 cm³/mol. The third-order valence-electron chi connectivity index (χ3n) is 3.73. The summed E-state index contributed by atoms with van der Waals surface area (Å²) in [5, 5.41) is 7.29. The van der Waals surface area contributed by atoms with Crippen molar-refractivity contribution in [1.29, 1.82) is 0 Å². The molecule has 0 spiro atoms. The number of aromatic nitrogens is 1. The number of amides is 1. The van der Waals surface area contributed by atoms with E-state index in [1.54, 1.807) is 0 Å². The van der Waals surface area contributed by atoms with Crippen LogP contribution in [0.1, 0.15) is 29.9 Å². The second-order valence-corrected chi connectivity index (χ2v) is 5.16. The van der Waals surface area contributed by atoms with Crippen LogP contribution in [0.2, 0.25) is 0 Å². The highest BCUT2D eigenvalue weighted by atomic mass is 16.5. The van der Waals surface area contributed by atoms with Crippen molar-refractivity contribution >= 4 is 5.91 Å². The molecule has 0 bridgehead atoms. The predicted octanol–water partition coefficient (Wildman–Crippen LogP) is 0.331. The fraction of sp³-hybridized carbons (Fsp3) is 0.692. The lowest BCUT2D eigenvalue weighted by molar-refractivity contribution is -0.120. The first-order valence-electron chi connectivity index (χ1n) is 6.72. The zero-order valence-electron chi connectivity index (χ0n) is 11.6. The maximum atomic E-state index is 11.3. The molecule has 1 amide bonds. The van der Waals surface area contributed by atoms with Gasteiger partial charge in [-0.15, -0.1) is 0 Å². The molecule has 1 saturated heterocycles. The minimum atomic E-state index is -0.287. The molecule has 3 N–H and O–H groups in total. The van der Waals surface area contributed by atoms with E-state index in [9.17, 15) is 4.79 Å². The number of nitrogens with two attached hydrogens (primary N) is 1. The van der Waals surface area contributed by atoms with Gasteiger partial charge in [-0.25, -0.2) is 0 Å². The number of aryl methyl sites for hydroxylation is 2. The molecule has 6 heteroatoms. The van der Waals surface area contributed by atoms with Crippen LogP contribution in [-0.2, 0) is 11.3 Å². The summed E-state index contributed by atoms with van der Waals surface area (Å²) in [6, 6.07) is 0.391. The van der Waals surface area contributed by atoms with Gasteiger partial charge >= 0.3 is 0 Å². The highest BCUT2D eigenvalue weighted by molar-refractivity contribution is 5.76. The largest absolute Gasteiger partial charge is 0.369 e. The molecule has 2 rings (SSSR count). The minimum absolute atomic E-state index is 0.286.